The maximum Gasteiger partial charge on any atom is 0.323 e. The topological polar surface area (TPSA) is 75.8 Å². The molecule has 2 heterocycles. The first-order chi connectivity index (χ1) is 16.5. The first-order valence-corrected chi connectivity index (χ1v) is 12.4. The van der Waals surface area contributed by atoms with Crippen LogP contribution < -0.4 is 0 Å². The summed E-state index contributed by atoms with van der Waals surface area (Å²) in [6.45, 7) is 3.94. The van der Waals surface area contributed by atoms with Crippen molar-refractivity contribution < 1.29 is 19.1 Å². The number of aromatic nitrogens is 1. The Morgan fingerprint density at radius 3 is 2.71 bits per heavy atom. The number of oxazole rings is 1. The van der Waals surface area contributed by atoms with Crippen molar-refractivity contribution in [1.82, 2.24) is 9.88 Å². The average molecular weight is 475 g/mol. The summed E-state index contributed by atoms with van der Waals surface area (Å²) in [4.78, 5) is 19.5. The Kier molecular flexibility index (Phi) is 6.41. The molecular formula is C27H26N2O4S. The molecule has 0 unspecified atom stereocenters. The molecule has 7 heteroatoms. The Morgan fingerprint density at radius 1 is 1.15 bits per heavy atom. The average Bonchev–Trinajstić information content (AvgIpc) is 3.27. The lowest BCUT2D eigenvalue weighted by Gasteiger charge is -2.33. The van der Waals surface area contributed by atoms with E-state index < -0.39 is 12.0 Å². The Hall–Kier alpha value is -3.13. The second-order valence-electron chi connectivity index (χ2n) is 8.39. The highest BCUT2D eigenvalue weighted by atomic mass is 32.2. The summed E-state index contributed by atoms with van der Waals surface area (Å²) in [7, 11) is 0. The Bertz CT molecular complexity index is 1340. The van der Waals surface area contributed by atoms with Crippen molar-refractivity contribution in [3.63, 3.8) is 0 Å². The maximum absolute atomic E-state index is 11.7. The standard InChI is InChI=1S/C27H26N2O4S/c1-17-20(18-7-4-3-5-8-18)9-6-10-21(17)26-28-22-13-19(25(34-2)14-24(22)33-26)15-29-11-12-32-16-23(29)27(30)31/h3-10,13-14,23H,11-12,15-16H2,1-2H3,(H,30,31)/t23-/m0/s1. The van der Waals surface area contributed by atoms with E-state index >= 15 is 0 Å². The molecule has 0 aliphatic carbocycles. The maximum atomic E-state index is 11.7. The molecule has 34 heavy (non-hydrogen) atoms. The molecule has 0 saturated carbocycles. The van der Waals surface area contributed by atoms with Gasteiger partial charge in [0.2, 0.25) is 5.89 Å². The molecule has 3 aromatic carbocycles. The van der Waals surface area contributed by atoms with Crippen molar-refractivity contribution in [2.45, 2.75) is 24.4 Å². The predicted molar refractivity (Wildman–Crippen MR) is 134 cm³/mol. The lowest BCUT2D eigenvalue weighted by atomic mass is 9.96. The molecule has 1 aliphatic heterocycles. The highest BCUT2D eigenvalue weighted by molar-refractivity contribution is 7.98. The molecule has 1 aromatic heterocycles. The second-order valence-corrected chi connectivity index (χ2v) is 9.24. The molecule has 1 aliphatic rings. The fraction of sp³-hybridized carbons (Fsp3) is 0.259. The van der Waals surface area contributed by atoms with Gasteiger partial charge >= 0.3 is 5.97 Å². The molecule has 0 bridgehead atoms. The first kappa shape index (κ1) is 22.7. The van der Waals surface area contributed by atoms with Crippen LogP contribution in [-0.4, -0.2) is 53.0 Å². The lowest BCUT2D eigenvalue weighted by molar-refractivity contribution is -0.150. The van der Waals surface area contributed by atoms with Crippen molar-refractivity contribution >= 4 is 28.8 Å². The van der Waals surface area contributed by atoms with E-state index in [-0.39, 0.29) is 6.61 Å². The molecule has 0 radical (unpaired) electrons. The summed E-state index contributed by atoms with van der Waals surface area (Å²) >= 11 is 1.62. The molecule has 0 amide bonds. The van der Waals surface area contributed by atoms with E-state index in [1.165, 1.54) is 0 Å². The Balaban J connectivity index is 1.52. The number of carboxylic acid groups (broad SMARTS) is 1. The van der Waals surface area contributed by atoms with Crippen LogP contribution in [0.4, 0.5) is 0 Å². The summed E-state index contributed by atoms with van der Waals surface area (Å²) in [5.74, 6) is -0.270. The first-order valence-electron chi connectivity index (χ1n) is 11.2. The van der Waals surface area contributed by atoms with Gasteiger partial charge in [0.15, 0.2) is 5.58 Å². The zero-order valence-electron chi connectivity index (χ0n) is 19.2. The van der Waals surface area contributed by atoms with Crippen molar-refractivity contribution in [2.24, 2.45) is 0 Å². The van der Waals surface area contributed by atoms with E-state index in [9.17, 15) is 9.90 Å². The number of nitrogens with zero attached hydrogens (tertiary/aromatic N) is 2. The number of hydrogen-bond donors (Lipinski definition) is 1. The van der Waals surface area contributed by atoms with Gasteiger partial charge in [-0.05, 0) is 53.6 Å². The summed E-state index contributed by atoms with van der Waals surface area (Å²) < 4.78 is 11.6. The number of carboxylic acids is 1. The third kappa shape index (κ3) is 4.34. The molecule has 1 atom stereocenters. The Morgan fingerprint density at radius 2 is 1.94 bits per heavy atom. The van der Waals surface area contributed by atoms with Crippen LogP contribution in [0, 0.1) is 6.92 Å². The highest BCUT2D eigenvalue weighted by Gasteiger charge is 2.30. The highest BCUT2D eigenvalue weighted by Crippen LogP contribution is 2.35. The summed E-state index contributed by atoms with van der Waals surface area (Å²) in [6, 6.07) is 19.9. The van der Waals surface area contributed by atoms with E-state index in [1.54, 1.807) is 11.8 Å². The summed E-state index contributed by atoms with van der Waals surface area (Å²) in [6.07, 6.45) is 2.02. The van der Waals surface area contributed by atoms with Gasteiger partial charge < -0.3 is 14.3 Å². The van der Waals surface area contributed by atoms with Crippen molar-refractivity contribution in [1.29, 1.82) is 0 Å². The van der Waals surface area contributed by atoms with Crippen LogP contribution in [0.2, 0.25) is 0 Å². The minimum atomic E-state index is -0.857. The number of fused-ring (bicyclic) bond motifs is 1. The molecule has 1 saturated heterocycles. The van der Waals surface area contributed by atoms with E-state index in [1.807, 2.05) is 53.6 Å². The molecule has 174 valence electrons. The van der Waals surface area contributed by atoms with Crippen LogP contribution in [-0.2, 0) is 16.1 Å². The fourth-order valence-electron chi connectivity index (χ4n) is 4.50. The molecule has 1 N–H and O–H groups in total. The Labute approximate surface area is 202 Å². The van der Waals surface area contributed by atoms with E-state index in [4.69, 9.17) is 14.1 Å². The number of aliphatic carboxylic acids is 1. The number of carbonyl (C=O) groups is 1. The zero-order valence-corrected chi connectivity index (χ0v) is 20.0. The van der Waals surface area contributed by atoms with Gasteiger partial charge in [-0.1, -0.05) is 42.5 Å². The number of ether oxygens (including phenoxy) is 1. The normalized spacial score (nSPS) is 16.7. The van der Waals surface area contributed by atoms with Crippen LogP contribution in [0.1, 0.15) is 11.1 Å². The minimum Gasteiger partial charge on any atom is -0.480 e. The summed E-state index contributed by atoms with van der Waals surface area (Å²) in [5, 5.41) is 9.59. The molecule has 5 rings (SSSR count). The lowest BCUT2D eigenvalue weighted by Crippen LogP contribution is -2.49. The number of hydrogen-bond acceptors (Lipinski definition) is 6. The van der Waals surface area contributed by atoms with Gasteiger partial charge in [0, 0.05) is 23.5 Å². The van der Waals surface area contributed by atoms with E-state index in [2.05, 4.69) is 25.1 Å². The fourth-order valence-corrected chi connectivity index (χ4v) is 5.11. The van der Waals surface area contributed by atoms with Crippen LogP contribution in [0.3, 0.4) is 0 Å². The van der Waals surface area contributed by atoms with Gasteiger partial charge in [-0.2, -0.15) is 0 Å². The number of rotatable bonds is 6. The molecule has 4 aromatic rings. The van der Waals surface area contributed by atoms with Gasteiger partial charge in [0.05, 0.1) is 13.2 Å². The van der Waals surface area contributed by atoms with Crippen molar-refractivity contribution in [3.8, 4) is 22.6 Å². The number of thioether (sulfide) groups is 1. The monoisotopic (exact) mass is 474 g/mol. The van der Waals surface area contributed by atoms with Crippen LogP contribution >= 0.6 is 11.8 Å². The van der Waals surface area contributed by atoms with Crippen molar-refractivity contribution in [2.75, 3.05) is 26.0 Å². The van der Waals surface area contributed by atoms with Gasteiger partial charge in [0.1, 0.15) is 11.6 Å². The second kappa shape index (κ2) is 9.62. The molecule has 1 fully saturated rings. The smallest absolute Gasteiger partial charge is 0.323 e. The number of benzene rings is 3. The van der Waals surface area contributed by atoms with Gasteiger partial charge in [-0.15, -0.1) is 11.8 Å². The molecular weight excluding hydrogens is 448 g/mol. The summed E-state index contributed by atoms with van der Waals surface area (Å²) in [5.41, 5.74) is 6.92. The van der Waals surface area contributed by atoms with Gasteiger partial charge in [0.25, 0.3) is 0 Å². The predicted octanol–water partition coefficient (Wildman–Crippen LogP) is 5.48. The van der Waals surface area contributed by atoms with Crippen LogP contribution in [0.5, 0.6) is 0 Å². The molecule has 6 nitrogen and oxygen atoms in total. The van der Waals surface area contributed by atoms with Crippen LogP contribution in [0.25, 0.3) is 33.7 Å². The SMILES string of the molecule is CSc1cc2oc(-c3cccc(-c4ccccc4)c3C)nc2cc1CN1CCOC[C@H]1C(=O)O. The van der Waals surface area contributed by atoms with Crippen LogP contribution in [0.15, 0.2) is 70.0 Å². The number of morpholine rings is 1. The van der Waals surface area contributed by atoms with Crippen molar-refractivity contribution in [3.05, 3.63) is 71.8 Å². The van der Waals surface area contributed by atoms with E-state index in [0.29, 0.717) is 25.6 Å². The van der Waals surface area contributed by atoms with Gasteiger partial charge in [-0.25, -0.2) is 4.98 Å². The largest absolute Gasteiger partial charge is 0.480 e. The minimum absolute atomic E-state index is 0.206. The quantitative estimate of drug-likeness (QED) is 0.371. The van der Waals surface area contributed by atoms with Gasteiger partial charge in [-0.3, -0.25) is 9.69 Å². The van der Waals surface area contributed by atoms with E-state index in [0.717, 1.165) is 43.8 Å². The third-order valence-corrected chi connectivity index (χ3v) is 7.16. The zero-order chi connectivity index (χ0) is 23.7. The molecule has 0 spiro atoms. The third-order valence-electron chi connectivity index (χ3n) is 6.34.